The zero-order valence-electron chi connectivity index (χ0n) is 47.2. The van der Waals surface area contributed by atoms with Crippen LogP contribution in [0.3, 0.4) is 0 Å². The van der Waals surface area contributed by atoms with E-state index in [0.29, 0.717) is 16.7 Å². The van der Waals surface area contributed by atoms with Crippen molar-refractivity contribution in [2.45, 2.75) is 27.7 Å². The Hall–Kier alpha value is -13.7. The summed E-state index contributed by atoms with van der Waals surface area (Å²) in [4.78, 5) is 82.7. The molecule has 8 aromatic rings. The largest absolute Gasteiger partial charge is 0.872 e. The number of rotatable bonds is 8. The van der Waals surface area contributed by atoms with E-state index in [-0.39, 0.29) is 56.6 Å². The molecule has 0 spiro atoms. The lowest BCUT2D eigenvalue weighted by Gasteiger charge is -2.13. The molecule has 0 aliphatic heterocycles. The first kappa shape index (κ1) is 76.3. The van der Waals surface area contributed by atoms with Gasteiger partial charge in [0.25, 0.3) is 0 Å². The van der Waals surface area contributed by atoms with Crippen LogP contribution in [0.2, 0.25) is 0 Å². The van der Waals surface area contributed by atoms with Gasteiger partial charge >= 0.3 is 47.8 Å². The molecule has 0 saturated heterocycles. The van der Waals surface area contributed by atoms with Gasteiger partial charge in [-0.2, -0.15) is 0 Å². The fourth-order valence-corrected chi connectivity index (χ4v) is 6.45. The van der Waals surface area contributed by atoms with E-state index in [0.717, 1.165) is 78.9 Å². The second-order valence-electron chi connectivity index (χ2n) is 17.6. The topological polar surface area (TPSA) is 645 Å². The summed E-state index contributed by atoms with van der Waals surface area (Å²) in [6, 6.07) is 22.5. The molecule has 0 saturated carbocycles. The maximum Gasteiger partial charge on any atom is 0.339 e. The van der Waals surface area contributed by atoms with Crippen molar-refractivity contribution < 1.29 is 161 Å². The fourth-order valence-electron chi connectivity index (χ4n) is 6.45. The summed E-state index contributed by atoms with van der Waals surface area (Å²) in [5.41, 5.74) is -1.82. The molecular weight excluding hydrogens is 1230 g/mol. The summed E-state index contributed by atoms with van der Waals surface area (Å²) in [6.45, 7) is 6.08. The normalized spacial score (nSPS) is 9.61. The van der Waals surface area contributed by atoms with Crippen molar-refractivity contribution in [1.82, 2.24) is 0 Å². The van der Waals surface area contributed by atoms with Crippen molar-refractivity contribution in [3.8, 4) is 92.0 Å². The number of hydrogen-bond acceptors (Lipinski definition) is 24. The van der Waals surface area contributed by atoms with Gasteiger partial charge in [0.2, 0.25) is 0 Å². The molecule has 0 atom stereocenters. The standard InChI is InChI=1S/4C8H8O4.4C7H6O4/c1-4-2-7(10)5(8(11)12)3-6(4)9;1-4-2-5(9)3-6(10)7(4)8(11)12;1-4-2-5(9)7(8(11)12)6(10)3-4;1-4-2-3-5(8(11)12)7(10)6(4)9;8-4-1-2-6(9)5(3-4)7(10)11;8-4-1-2-5(7(10)11)6(9)3-4;8-4-2-1-3-5(9)6(4)7(10)11;8-5-3-1-2-4(6(5)9)7(10)11/h4*2-3,9-10H,1H3,(H,11,12);4*1-3,8-9H,(H,10,11)/p-8. The van der Waals surface area contributed by atoms with Crippen molar-refractivity contribution in [1.29, 1.82) is 0 Å². The number of carboxylic acids is 8. The summed E-state index contributed by atoms with van der Waals surface area (Å²) in [6.07, 6.45) is 0. The minimum atomic E-state index is -1.41. The van der Waals surface area contributed by atoms with E-state index in [1.54, 1.807) is 6.92 Å². The van der Waals surface area contributed by atoms with Gasteiger partial charge in [-0.05, 0) is 118 Å². The van der Waals surface area contributed by atoms with Crippen LogP contribution in [0, 0.1) is 27.7 Å². The molecule has 0 fully saturated rings. The third kappa shape index (κ3) is 23.0. The van der Waals surface area contributed by atoms with Crippen molar-refractivity contribution in [2.24, 2.45) is 0 Å². The average Bonchev–Trinajstić information content (AvgIpc) is 1.86. The second kappa shape index (κ2) is 34.5. The Kier molecular flexibility index (Phi) is 28.6. The third-order valence-electron chi connectivity index (χ3n) is 10.9. The van der Waals surface area contributed by atoms with Crippen LogP contribution in [0.5, 0.6) is 92.0 Å². The van der Waals surface area contributed by atoms with Crippen LogP contribution in [0.15, 0.2) is 121 Å². The minimum absolute atomic E-state index is 0.206. The fraction of sp³-hybridized carbons (Fsp3) is 0.0667. The van der Waals surface area contributed by atoms with Crippen LogP contribution in [0.25, 0.3) is 0 Å². The van der Waals surface area contributed by atoms with E-state index in [4.69, 9.17) is 81.7 Å². The molecule has 0 aliphatic rings. The lowest BCUT2D eigenvalue weighted by atomic mass is 10.1. The Morgan fingerprint density at radius 2 is 0.728 bits per heavy atom. The molecule has 16 N–H and O–H groups in total. The highest BCUT2D eigenvalue weighted by atomic mass is 16.4. The number of carbonyl (C=O) groups is 8. The number of aryl methyl sites for hydroxylation is 4. The van der Waals surface area contributed by atoms with Crippen LogP contribution in [-0.4, -0.2) is 129 Å². The van der Waals surface area contributed by atoms with Gasteiger partial charge in [0.1, 0.15) is 57.1 Å². The molecule has 32 nitrogen and oxygen atoms in total. The molecule has 0 aromatic heterocycles. The lowest BCUT2D eigenvalue weighted by molar-refractivity contribution is -0.271. The Bertz CT molecular complexity index is 3880. The van der Waals surface area contributed by atoms with Crippen molar-refractivity contribution in [3.05, 3.63) is 188 Å². The predicted octanol–water partition coefficient (Wildman–Crippen LogP) is 2.55. The number of carboxylic acid groups (broad SMARTS) is 8. The van der Waals surface area contributed by atoms with Crippen LogP contribution in [0.4, 0.5) is 0 Å². The number of aromatic carboxylic acids is 8. The van der Waals surface area contributed by atoms with Crippen LogP contribution in [0.1, 0.15) is 105 Å². The molecule has 0 aliphatic carbocycles. The minimum Gasteiger partial charge on any atom is -0.872 e. The lowest BCUT2D eigenvalue weighted by Crippen LogP contribution is -2.05. The van der Waals surface area contributed by atoms with Gasteiger partial charge in [0, 0.05) is 0 Å². The van der Waals surface area contributed by atoms with Gasteiger partial charge in [-0.3, -0.25) is 0 Å². The quantitative estimate of drug-likeness (QED) is 0.104. The average molecular weight is 1280 g/mol. The zero-order valence-corrected chi connectivity index (χ0v) is 47.2. The summed E-state index contributed by atoms with van der Waals surface area (Å²) >= 11 is 0. The van der Waals surface area contributed by atoms with E-state index < -0.39 is 133 Å². The highest BCUT2D eigenvalue weighted by Gasteiger charge is 2.14. The molecule has 8 rings (SSSR count). The van der Waals surface area contributed by atoms with E-state index in [1.807, 2.05) is 0 Å². The summed E-state index contributed by atoms with van der Waals surface area (Å²) < 4.78 is 0. The van der Waals surface area contributed by atoms with Gasteiger partial charge < -0.3 is 123 Å². The van der Waals surface area contributed by atoms with Crippen LogP contribution < -0.4 is 40.9 Å². The number of aromatic hydroxyl groups is 8. The van der Waals surface area contributed by atoms with Gasteiger partial charge in [-0.15, -0.1) is 5.75 Å². The molecule has 0 unspecified atom stereocenters. The maximum atomic E-state index is 11.0. The number of hydrogen-bond donors (Lipinski definition) is 16. The number of phenolic OH excluding ortho intramolecular Hbond substituents is 4. The molecule has 0 bridgehead atoms. The molecule has 92 heavy (non-hydrogen) atoms. The highest BCUT2D eigenvalue weighted by Crippen LogP contribution is 2.31. The van der Waals surface area contributed by atoms with Crippen LogP contribution >= 0.6 is 0 Å². The Morgan fingerprint density at radius 3 is 1.17 bits per heavy atom. The van der Waals surface area contributed by atoms with Crippen LogP contribution in [-0.2, 0) is 0 Å². The molecule has 0 amide bonds. The monoisotopic (exact) mass is 1280 g/mol. The number of para-hydroxylation sites is 1. The number of phenols is 8. The molecule has 0 heterocycles. The highest BCUT2D eigenvalue weighted by molar-refractivity contribution is 5.96. The smallest absolute Gasteiger partial charge is 0.339 e. The number of benzene rings is 8. The van der Waals surface area contributed by atoms with Gasteiger partial charge in [-0.1, -0.05) is 93.8 Å². The molecular formula is C60H48O32-8. The predicted molar refractivity (Wildman–Crippen MR) is 295 cm³/mol. The second-order valence-corrected chi connectivity index (χ2v) is 17.6. The van der Waals surface area contributed by atoms with E-state index in [2.05, 4.69) is 0 Å². The van der Waals surface area contributed by atoms with Gasteiger partial charge in [0.05, 0.1) is 33.4 Å². The summed E-state index contributed by atoms with van der Waals surface area (Å²) in [7, 11) is 0. The first-order valence-electron chi connectivity index (χ1n) is 24.4. The van der Waals surface area contributed by atoms with Gasteiger partial charge in [-0.25, -0.2) is 38.4 Å². The van der Waals surface area contributed by atoms with E-state index >= 15 is 0 Å². The Morgan fingerprint density at radius 1 is 0.272 bits per heavy atom. The first-order valence-corrected chi connectivity index (χ1v) is 24.4. The molecule has 0 radical (unpaired) electrons. The first-order chi connectivity index (χ1) is 42.6. The molecule has 488 valence electrons. The van der Waals surface area contributed by atoms with Crippen molar-refractivity contribution in [2.75, 3.05) is 0 Å². The third-order valence-corrected chi connectivity index (χ3v) is 10.9. The molecule has 32 heteroatoms. The maximum absolute atomic E-state index is 11.0. The zero-order chi connectivity index (χ0) is 70.9. The Balaban J connectivity index is 0.000000526. The van der Waals surface area contributed by atoms with Crippen molar-refractivity contribution >= 4 is 47.8 Å². The summed E-state index contributed by atoms with van der Waals surface area (Å²) in [5.74, 6) is -19.0. The van der Waals surface area contributed by atoms with Gasteiger partial charge in [0.15, 0.2) is 0 Å². The van der Waals surface area contributed by atoms with E-state index in [9.17, 15) is 79.2 Å². The van der Waals surface area contributed by atoms with Crippen molar-refractivity contribution in [3.63, 3.8) is 0 Å². The van der Waals surface area contributed by atoms with E-state index in [1.165, 1.54) is 63.2 Å². The molecule has 8 aromatic carbocycles. The summed E-state index contributed by atoms with van der Waals surface area (Å²) in [5, 5.41) is 226. The Labute approximate surface area is 515 Å². The SMILES string of the molecule is Cc1cc(O)c(C(=O)O)cc1[O-].Cc1cc(O)cc([O-])c1C(=O)O.Cc1cc([O-])c(C(=O)O)c(O)c1.Cc1ccc(C(=O)O)c(O)c1[O-].O=C(O)c1c([O-])cccc1O.O=C(O)c1cc(O)ccc1[O-].O=C(O)c1ccc(O)cc1[O-].O=C(O)c1cccc(O)c1[O-].